The highest BCUT2D eigenvalue weighted by atomic mass is 32.2. The van der Waals surface area contributed by atoms with Gasteiger partial charge in [-0.3, -0.25) is 4.79 Å². The van der Waals surface area contributed by atoms with E-state index in [1.165, 1.54) is 31.2 Å². The van der Waals surface area contributed by atoms with Crippen LogP contribution in [-0.2, 0) is 9.84 Å². The van der Waals surface area contributed by atoms with Gasteiger partial charge in [0.2, 0.25) is 0 Å². The van der Waals surface area contributed by atoms with Crippen molar-refractivity contribution in [1.82, 2.24) is 0 Å². The van der Waals surface area contributed by atoms with E-state index in [0.717, 1.165) is 18.4 Å². The van der Waals surface area contributed by atoms with E-state index < -0.39 is 32.8 Å². The minimum atomic E-state index is -3.51. The lowest BCUT2D eigenvalue weighted by molar-refractivity contribution is 0.103. The van der Waals surface area contributed by atoms with E-state index in [0.29, 0.717) is 0 Å². The molecule has 2 aromatic carbocycles. The average Bonchev–Trinajstić information content (AvgIpc) is 2.42. The molecule has 0 fully saturated rings. The van der Waals surface area contributed by atoms with E-state index >= 15 is 0 Å². The molecule has 110 valence electrons. The van der Waals surface area contributed by atoms with Crippen LogP contribution >= 0.6 is 0 Å². The van der Waals surface area contributed by atoms with Crippen molar-refractivity contribution in [2.45, 2.75) is 11.8 Å². The van der Waals surface area contributed by atoms with Crippen LogP contribution in [0.3, 0.4) is 0 Å². The van der Waals surface area contributed by atoms with Gasteiger partial charge in [0, 0.05) is 11.8 Å². The number of halogens is 2. The first-order valence-electron chi connectivity index (χ1n) is 6.01. The van der Waals surface area contributed by atoms with E-state index in [-0.39, 0.29) is 16.0 Å². The van der Waals surface area contributed by atoms with Gasteiger partial charge in [0.1, 0.15) is 11.6 Å². The van der Waals surface area contributed by atoms with Crippen molar-refractivity contribution in [2.24, 2.45) is 0 Å². The van der Waals surface area contributed by atoms with Crippen LogP contribution in [0.15, 0.2) is 41.3 Å². The molecule has 0 radical (unpaired) electrons. The molecule has 2 aromatic rings. The zero-order valence-corrected chi connectivity index (χ0v) is 12.2. The molecule has 0 aliphatic rings. The summed E-state index contributed by atoms with van der Waals surface area (Å²) in [5, 5.41) is 0. The second kappa shape index (κ2) is 5.37. The Kier molecular flexibility index (Phi) is 3.91. The fourth-order valence-electron chi connectivity index (χ4n) is 1.88. The summed E-state index contributed by atoms with van der Waals surface area (Å²) in [5.41, 5.74) is -0.624. The largest absolute Gasteiger partial charge is 0.288 e. The van der Waals surface area contributed by atoms with Gasteiger partial charge in [0.05, 0.1) is 10.5 Å². The molecule has 3 nitrogen and oxygen atoms in total. The van der Waals surface area contributed by atoms with Gasteiger partial charge in [-0.1, -0.05) is 18.2 Å². The number of ketones is 1. The number of rotatable bonds is 3. The van der Waals surface area contributed by atoms with Crippen molar-refractivity contribution in [1.29, 1.82) is 0 Å². The first kappa shape index (κ1) is 15.3. The van der Waals surface area contributed by atoms with Crippen LogP contribution < -0.4 is 0 Å². The Morgan fingerprint density at radius 3 is 2.38 bits per heavy atom. The highest BCUT2D eigenvalue weighted by Crippen LogP contribution is 2.21. The second-order valence-electron chi connectivity index (χ2n) is 4.68. The SMILES string of the molecule is Cc1ccc(F)c(C(=O)c2cccc(S(C)(=O)=O)c2)c1F. The number of aryl methyl sites for hydroxylation is 1. The Morgan fingerprint density at radius 1 is 1.10 bits per heavy atom. The van der Waals surface area contributed by atoms with Crippen LogP contribution in [0.25, 0.3) is 0 Å². The maximum absolute atomic E-state index is 14.0. The molecule has 0 aliphatic carbocycles. The lowest BCUT2D eigenvalue weighted by Crippen LogP contribution is -2.10. The van der Waals surface area contributed by atoms with Crippen LogP contribution in [0.1, 0.15) is 21.5 Å². The quantitative estimate of drug-likeness (QED) is 0.819. The molecule has 0 saturated heterocycles. The fraction of sp³-hybridized carbons (Fsp3) is 0.133. The first-order valence-corrected chi connectivity index (χ1v) is 7.90. The summed E-state index contributed by atoms with van der Waals surface area (Å²) in [6.45, 7) is 1.42. The maximum Gasteiger partial charge on any atom is 0.198 e. The summed E-state index contributed by atoms with van der Waals surface area (Å²) in [6, 6.07) is 7.34. The van der Waals surface area contributed by atoms with Crippen LogP contribution in [0.5, 0.6) is 0 Å². The molecule has 0 unspecified atom stereocenters. The molecule has 0 amide bonds. The van der Waals surface area contributed by atoms with Crippen molar-refractivity contribution >= 4 is 15.6 Å². The summed E-state index contributed by atoms with van der Waals surface area (Å²) in [7, 11) is -3.51. The van der Waals surface area contributed by atoms with Crippen molar-refractivity contribution in [3.63, 3.8) is 0 Å². The monoisotopic (exact) mass is 310 g/mol. The predicted molar refractivity (Wildman–Crippen MR) is 74.1 cm³/mol. The van der Waals surface area contributed by atoms with Gasteiger partial charge in [-0.2, -0.15) is 0 Å². The molecule has 0 N–H and O–H groups in total. The molecular formula is C15H12F2O3S. The molecular weight excluding hydrogens is 298 g/mol. The number of carbonyl (C=O) groups is 1. The van der Waals surface area contributed by atoms with Gasteiger partial charge in [0.25, 0.3) is 0 Å². The van der Waals surface area contributed by atoms with Gasteiger partial charge < -0.3 is 0 Å². The van der Waals surface area contributed by atoms with Crippen LogP contribution in [0, 0.1) is 18.6 Å². The molecule has 6 heteroatoms. The fourth-order valence-corrected chi connectivity index (χ4v) is 2.54. The van der Waals surface area contributed by atoms with E-state index in [1.54, 1.807) is 0 Å². The molecule has 0 heterocycles. The Balaban J connectivity index is 2.59. The molecule has 0 bridgehead atoms. The van der Waals surface area contributed by atoms with E-state index in [4.69, 9.17) is 0 Å². The minimum absolute atomic E-state index is 0.0816. The van der Waals surface area contributed by atoms with Gasteiger partial charge in [-0.15, -0.1) is 0 Å². The number of carbonyl (C=O) groups excluding carboxylic acids is 1. The van der Waals surface area contributed by atoms with Crippen molar-refractivity contribution in [3.05, 3.63) is 64.7 Å². The van der Waals surface area contributed by atoms with Gasteiger partial charge >= 0.3 is 0 Å². The Morgan fingerprint density at radius 2 is 1.76 bits per heavy atom. The summed E-state index contributed by atoms with van der Waals surface area (Å²) < 4.78 is 50.6. The lowest BCUT2D eigenvalue weighted by atomic mass is 10.0. The molecule has 0 saturated carbocycles. The lowest BCUT2D eigenvalue weighted by Gasteiger charge is -2.07. The third-order valence-corrected chi connectivity index (χ3v) is 4.15. The summed E-state index contributed by atoms with van der Waals surface area (Å²) in [4.78, 5) is 12.2. The second-order valence-corrected chi connectivity index (χ2v) is 6.70. The molecule has 0 spiro atoms. The summed E-state index contributed by atoms with van der Waals surface area (Å²) >= 11 is 0. The van der Waals surface area contributed by atoms with Crippen molar-refractivity contribution in [3.8, 4) is 0 Å². The number of sulfone groups is 1. The molecule has 0 aliphatic heterocycles. The van der Waals surface area contributed by atoms with Gasteiger partial charge in [0.15, 0.2) is 15.6 Å². The Hall–Kier alpha value is -2.08. The van der Waals surface area contributed by atoms with Crippen molar-refractivity contribution in [2.75, 3.05) is 6.26 Å². The van der Waals surface area contributed by atoms with Gasteiger partial charge in [-0.25, -0.2) is 17.2 Å². The third kappa shape index (κ3) is 3.00. The molecule has 0 atom stereocenters. The number of hydrogen-bond donors (Lipinski definition) is 0. The standard InChI is InChI=1S/C15H12F2O3S/c1-9-6-7-12(16)13(14(9)17)15(18)10-4-3-5-11(8-10)21(2,19)20/h3-8H,1-2H3. The van der Waals surface area contributed by atoms with Crippen LogP contribution in [-0.4, -0.2) is 20.5 Å². The number of hydrogen-bond acceptors (Lipinski definition) is 3. The normalized spacial score (nSPS) is 11.4. The van der Waals surface area contributed by atoms with E-state index in [1.807, 2.05) is 0 Å². The van der Waals surface area contributed by atoms with Gasteiger partial charge in [-0.05, 0) is 30.7 Å². The van der Waals surface area contributed by atoms with Crippen LogP contribution in [0.2, 0.25) is 0 Å². The summed E-state index contributed by atoms with van der Waals surface area (Å²) in [5.74, 6) is -2.81. The molecule has 2 rings (SSSR count). The predicted octanol–water partition coefficient (Wildman–Crippen LogP) is 2.91. The topological polar surface area (TPSA) is 51.2 Å². The zero-order chi connectivity index (χ0) is 15.8. The maximum atomic E-state index is 14.0. The van der Waals surface area contributed by atoms with Crippen LogP contribution in [0.4, 0.5) is 8.78 Å². The third-order valence-electron chi connectivity index (χ3n) is 3.04. The van der Waals surface area contributed by atoms with E-state index in [9.17, 15) is 22.0 Å². The highest BCUT2D eigenvalue weighted by molar-refractivity contribution is 7.90. The Labute approximate surface area is 121 Å². The van der Waals surface area contributed by atoms with E-state index in [2.05, 4.69) is 0 Å². The zero-order valence-electron chi connectivity index (χ0n) is 11.4. The highest BCUT2D eigenvalue weighted by Gasteiger charge is 2.21. The van der Waals surface area contributed by atoms with Crippen molar-refractivity contribution < 1.29 is 22.0 Å². The molecule has 21 heavy (non-hydrogen) atoms. The summed E-state index contributed by atoms with van der Waals surface area (Å²) in [6.07, 6.45) is 0.990. The average molecular weight is 310 g/mol. The first-order chi connectivity index (χ1) is 9.71. The smallest absolute Gasteiger partial charge is 0.198 e. The minimum Gasteiger partial charge on any atom is -0.288 e. The number of benzene rings is 2. The Bertz CT molecular complexity index is 827. The molecule has 0 aromatic heterocycles.